The van der Waals surface area contributed by atoms with Gasteiger partial charge in [0.05, 0.1) is 6.10 Å². The van der Waals surface area contributed by atoms with E-state index in [4.69, 9.17) is 4.42 Å². The zero-order chi connectivity index (χ0) is 18.6. The summed E-state index contributed by atoms with van der Waals surface area (Å²) in [6, 6.07) is 7.40. The summed E-state index contributed by atoms with van der Waals surface area (Å²) in [5, 5.41) is 15.3. The number of hydrogen-bond acceptors (Lipinski definition) is 4. The molecule has 0 spiro atoms. The van der Waals surface area contributed by atoms with Crippen LogP contribution in [0.15, 0.2) is 28.7 Å². The molecule has 1 aromatic heterocycles. The molecule has 0 saturated carbocycles. The van der Waals surface area contributed by atoms with Crippen molar-refractivity contribution >= 4 is 17.5 Å². The summed E-state index contributed by atoms with van der Waals surface area (Å²) in [6.45, 7) is 7.51. The quantitative estimate of drug-likeness (QED) is 0.727. The van der Waals surface area contributed by atoms with Crippen LogP contribution < -0.4 is 10.6 Å². The van der Waals surface area contributed by atoms with Gasteiger partial charge in [-0.2, -0.15) is 0 Å². The predicted octanol–water partition coefficient (Wildman–Crippen LogP) is 2.69. The standard InChI is InChI=1S/C19H24N2O4/c1-11-6-5-7-12(2)17(11)21-19(24)18(23)20-9-8-16(22)15-10-13(3)25-14(15)4/h5-7,10,16,22H,8-9H2,1-4H3,(H,20,23)(H,21,24). The Morgan fingerprint density at radius 3 is 2.32 bits per heavy atom. The van der Waals surface area contributed by atoms with Gasteiger partial charge in [-0.1, -0.05) is 18.2 Å². The molecule has 0 bridgehead atoms. The summed E-state index contributed by atoms with van der Waals surface area (Å²) in [5.74, 6) is -0.0650. The van der Waals surface area contributed by atoms with Crippen LogP contribution in [0, 0.1) is 27.7 Å². The number of aliphatic hydroxyl groups is 1. The minimum absolute atomic E-state index is 0.184. The van der Waals surface area contributed by atoms with E-state index >= 15 is 0 Å². The molecule has 6 heteroatoms. The predicted molar refractivity (Wildman–Crippen MR) is 95.3 cm³/mol. The summed E-state index contributed by atoms with van der Waals surface area (Å²) in [5.41, 5.74) is 3.13. The third-order valence-corrected chi connectivity index (χ3v) is 4.07. The van der Waals surface area contributed by atoms with Gasteiger partial charge in [-0.05, 0) is 51.3 Å². The second kappa shape index (κ2) is 7.98. The number of anilines is 1. The van der Waals surface area contributed by atoms with E-state index in [-0.39, 0.29) is 6.54 Å². The average Bonchev–Trinajstić information content (AvgIpc) is 2.89. The highest BCUT2D eigenvalue weighted by Gasteiger charge is 2.18. The van der Waals surface area contributed by atoms with E-state index in [1.54, 1.807) is 13.0 Å². The number of carbonyl (C=O) groups excluding carboxylic acids is 2. The van der Waals surface area contributed by atoms with Crippen LogP contribution in [0.3, 0.4) is 0 Å². The van der Waals surface area contributed by atoms with Crippen LogP contribution in [0.1, 0.15) is 40.7 Å². The Hall–Kier alpha value is -2.60. The van der Waals surface area contributed by atoms with Gasteiger partial charge in [0, 0.05) is 17.8 Å². The summed E-state index contributed by atoms with van der Waals surface area (Å²) >= 11 is 0. The van der Waals surface area contributed by atoms with Crippen molar-refractivity contribution in [3.8, 4) is 0 Å². The minimum Gasteiger partial charge on any atom is -0.466 e. The number of para-hydroxylation sites is 1. The van der Waals surface area contributed by atoms with Crippen LogP contribution >= 0.6 is 0 Å². The van der Waals surface area contributed by atoms with Gasteiger partial charge in [-0.25, -0.2) is 0 Å². The fourth-order valence-corrected chi connectivity index (χ4v) is 2.72. The summed E-state index contributed by atoms with van der Waals surface area (Å²) in [6.07, 6.45) is -0.457. The van der Waals surface area contributed by atoms with Gasteiger partial charge in [0.25, 0.3) is 0 Å². The molecule has 2 rings (SSSR count). The van der Waals surface area contributed by atoms with E-state index in [1.165, 1.54) is 0 Å². The molecule has 0 radical (unpaired) electrons. The fourth-order valence-electron chi connectivity index (χ4n) is 2.72. The van der Waals surface area contributed by atoms with Crippen molar-refractivity contribution < 1.29 is 19.1 Å². The van der Waals surface area contributed by atoms with Crippen LogP contribution in [0.25, 0.3) is 0 Å². The summed E-state index contributed by atoms with van der Waals surface area (Å²) in [4.78, 5) is 24.0. The van der Waals surface area contributed by atoms with Crippen molar-refractivity contribution in [2.24, 2.45) is 0 Å². The smallest absolute Gasteiger partial charge is 0.313 e. The number of carbonyl (C=O) groups is 2. The molecule has 0 aliphatic rings. The van der Waals surface area contributed by atoms with Crippen LogP contribution in [-0.4, -0.2) is 23.5 Å². The Morgan fingerprint density at radius 2 is 1.76 bits per heavy atom. The lowest BCUT2D eigenvalue weighted by molar-refractivity contribution is -0.136. The molecule has 2 aromatic rings. The second-order valence-electron chi connectivity index (χ2n) is 6.15. The average molecular weight is 344 g/mol. The van der Waals surface area contributed by atoms with Gasteiger partial charge >= 0.3 is 11.8 Å². The molecule has 6 nitrogen and oxygen atoms in total. The zero-order valence-electron chi connectivity index (χ0n) is 15.0. The maximum atomic E-state index is 12.0. The molecule has 0 aliphatic carbocycles. The Balaban J connectivity index is 1.85. The van der Waals surface area contributed by atoms with E-state index in [2.05, 4.69) is 10.6 Å². The highest BCUT2D eigenvalue weighted by atomic mass is 16.3. The molecule has 0 aliphatic heterocycles. The second-order valence-corrected chi connectivity index (χ2v) is 6.15. The molecule has 1 atom stereocenters. The Bertz CT molecular complexity index is 759. The maximum Gasteiger partial charge on any atom is 0.313 e. The van der Waals surface area contributed by atoms with Crippen LogP contribution in [0.4, 0.5) is 5.69 Å². The molecule has 3 N–H and O–H groups in total. The Morgan fingerprint density at radius 1 is 1.12 bits per heavy atom. The zero-order valence-corrected chi connectivity index (χ0v) is 15.0. The van der Waals surface area contributed by atoms with Gasteiger partial charge in [0.1, 0.15) is 11.5 Å². The molecular formula is C19H24N2O4. The van der Waals surface area contributed by atoms with Crippen LogP contribution in [-0.2, 0) is 9.59 Å². The van der Waals surface area contributed by atoms with Gasteiger partial charge in [0.15, 0.2) is 0 Å². The lowest BCUT2D eigenvalue weighted by atomic mass is 10.1. The van der Waals surface area contributed by atoms with Crippen molar-refractivity contribution in [1.82, 2.24) is 5.32 Å². The monoisotopic (exact) mass is 344 g/mol. The Labute approximate surface area is 147 Å². The van der Waals surface area contributed by atoms with E-state index in [0.29, 0.717) is 23.4 Å². The molecular weight excluding hydrogens is 320 g/mol. The van der Waals surface area contributed by atoms with Crippen molar-refractivity contribution in [3.05, 3.63) is 52.5 Å². The van der Waals surface area contributed by atoms with Crippen LogP contribution in [0.5, 0.6) is 0 Å². The van der Waals surface area contributed by atoms with Crippen LogP contribution in [0.2, 0.25) is 0 Å². The molecule has 0 fully saturated rings. The number of nitrogens with one attached hydrogen (secondary N) is 2. The number of furan rings is 1. The first-order chi connectivity index (χ1) is 11.8. The minimum atomic E-state index is -0.751. The SMILES string of the molecule is Cc1cc(C(O)CCNC(=O)C(=O)Nc2c(C)cccc2C)c(C)o1. The third-order valence-electron chi connectivity index (χ3n) is 4.07. The first-order valence-electron chi connectivity index (χ1n) is 8.20. The number of benzene rings is 1. The number of hydrogen-bond donors (Lipinski definition) is 3. The van der Waals surface area contributed by atoms with Crippen molar-refractivity contribution in [2.75, 3.05) is 11.9 Å². The molecule has 1 heterocycles. The van der Waals surface area contributed by atoms with E-state index in [0.717, 1.165) is 16.9 Å². The lowest BCUT2D eigenvalue weighted by Crippen LogP contribution is -2.36. The number of amides is 2. The fraction of sp³-hybridized carbons (Fsp3) is 0.368. The highest BCUT2D eigenvalue weighted by Crippen LogP contribution is 2.23. The molecule has 25 heavy (non-hydrogen) atoms. The number of aryl methyl sites for hydroxylation is 4. The maximum absolute atomic E-state index is 12.0. The molecule has 134 valence electrons. The van der Waals surface area contributed by atoms with E-state index in [1.807, 2.05) is 39.0 Å². The summed E-state index contributed by atoms with van der Waals surface area (Å²) < 4.78 is 5.38. The first kappa shape index (κ1) is 18.7. The van der Waals surface area contributed by atoms with Gasteiger partial charge in [-0.15, -0.1) is 0 Å². The normalized spacial score (nSPS) is 11.9. The Kier molecular flexibility index (Phi) is 5.98. The van der Waals surface area contributed by atoms with Crippen molar-refractivity contribution in [1.29, 1.82) is 0 Å². The van der Waals surface area contributed by atoms with Gasteiger partial charge in [0.2, 0.25) is 0 Å². The third kappa shape index (κ3) is 4.70. The van der Waals surface area contributed by atoms with E-state index in [9.17, 15) is 14.7 Å². The molecule has 0 saturated heterocycles. The number of aliphatic hydroxyl groups excluding tert-OH is 1. The molecule has 2 amide bonds. The van der Waals surface area contributed by atoms with Crippen molar-refractivity contribution in [2.45, 2.75) is 40.2 Å². The van der Waals surface area contributed by atoms with Gasteiger partial charge < -0.3 is 20.2 Å². The highest BCUT2D eigenvalue weighted by molar-refractivity contribution is 6.39. The molecule has 1 aromatic carbocycles. The largest absolute Gasteiger partial charge is 0.466 e. The van der Waals surface area contributed by atoms with Crippen molar-refractivity contribution in [3.63, 3.8) is 0 Å². The lowest BCUT2D eigenvalue weighted by Gasteiger charge is -2.12. The summed E-state index contributed by atoms with van der Waals surface area (Å²) in [7, 11) is 0. The van der Waals surface area contributed by atoms with Gasteiger partial charge in [-0.3, -0.25) is 9.59 Å². The van der Waals surface area contributed by atoms with E-state index < -0.39 is 17.9 Å². The first-order valence-corrected chi connectivity index (χ1v) is 8.20. The molecule has 1 unspecified atom stereocenters. The topological polar surface area (TPSA) is 91.6 Å². The number of rotatable bonds is 5.